The van der Waals surface area contributed by atoms with Crippen molar-refractivity contribution in [3.63, 3.8) is 0 Å². The highest BCUT2D eigenvalue weighted by Crippen LogP contribution is 2.22. The van der Waals surface area contributed by atoms with Crippen molar-refractivity contribution in [3.05, 3.63) is 23.8 Å². The number of anilines is 1. The summed E-state index contributed by atoms with van der Waals surface area (Å²) in [5.41, 5.74) is 1.64. The smallest absolute Gasteiger partial charge is 0.319 e. The molecule has 22 heavy (non-hydrogen) atoms. The normalized spacial score (nSPS) is 11.1. The second-order valence-corrected chi connectivity index (χ2v) is 6.22. The molecule has 0 unspecified atom stereocenters. The monoisotopic (exact) mass is 308 g/mol. The zero-order chi connectivity index (χ0) is 16.6. The van der Waals surface area contributed by atoms with Gasteiger partial charge >= 0.3 is 6.03 Å². The van der Waals surface area contributed by atoms with Crippen LogP contribution >= 0.6 is 0 Å². The van der Waals surface area contributed by atoms with E-state index in [4.69, 9.17) is 4.74 Å². The first-order chi connectivity index (χ1) is 10.4. The SMILES string of the molecule is CCOc1ccc(NC(=O)NCCCC(C)(C)CO)cc1C. The van der Waals surface area contributed by atoms with Crippen LogP contribution in [0.1, 0.15) is 39.2 Å². The first kappa shape index (κ1) is 18.3. The fourth-order valence-corrected chi connectivity index (χ4v) is 2.07. The summed E-state index contributed by atoms with van der Waals surface area (Å²) >= 11 is 0. The third-order valence-corrected chi connectivity index (χ3v) is 3.48. The zero-order valence-electron chi connectivity index (χ0n) is 14.0. The minimum absolute atomic E-state index is 0.0929. The molecular formula is C17H28N2O3. The Bertz CT molecular complexity index is 487. The number of hydrogen-bond acceptors (Lipinski definition) is 3. The van der Waals surface area contributed by atoms with Gasteiger partial charge in [-0.25, -0.2) is 4.79 Å². The molecule has 1 aromatic carbocycles. The van der Waals surface area contributed by atoms with Gasteiger partial charge in [0.15, 0.2) is 0 Å². The van der Waals surface area contributed by atoms with Gasteiger partial charge in [-0.3, -0.25) is 0 Å². The molecule has 1 rings (SSSR count). The van der Waals surface area contributed by atoms with Crippen LogP contribution in [0.2, 0.25) is 0 Å². The van der Waals surface area contributed by atoms with Crippen LogP contribution in [0.3, 0.4) is 0 Å². The minimum atomic E-state index is -0.217. The predicted octanol–water partition coefficient (Wildman–Crippen LogP) is 3.31. The molecule has 124 valence electrons. The van der Waals surface area contributed by atoms with Crippen molar-refractivity contribution in [2.45, 2.75) is 40.5 Å². The molecule has 3 N–H and O–H groups in total. The number of rotatable bonds is 8. The Hall–Kier alpha value is -1.75. The maximum absolute atomic E-state index is 11.8. The van der Waals surface area contributed by atoms with Gasteiger partial charge in [0.2, 0.25) is 0 Å². The van der Waals surface area contributed by atoms with Crippen molar-refractivity contribution >= 4 is 11.7 Å². The molecule has 2 amide bonds. The van der Waals surface area contributed by atoms with Crippen molar-refractivity contribution in [1.82, 2.24) is 5.32 Å². The van der Waals surface area contributed by atoms with Gasteiger partial charge in [-0.2, -0.15) is 0 Å². The predicted molar refractivity (Wildman–Crippen MR) is 89.5 cm³/mol. The lowest BCUT2D eigenvalue weighted by Gasteiger charge is -2.21. The van der Waals surface area contributed by atoms with E-state index in [1.807, 2.05) is 45.9 Å². The molecule has 0 saturated heterocycles. The number of hydrogen-bond donors (Lipinski definition) is 3. The molecule has 0 aliphatic carbocycles. The van der Waals surface area contributed by atoms with Crippen LogP contribution in [-0.2, 0) is 0 Å². The van der Waals surface area contributed by atoms with Crippen molar-refractivity contribution in [2.75, 3.05) is 25.1 Å². The molecule has 1 aromatic rings. The molecule has 0 radical (unpaired) electrons. The highest BCUT2D eigenvalue weighted by molar-refractivity contribution is 5.89. The van der Waals surface area contributed by atoms with Crippen molar-refractivity contribution in [1.29, 1.82) is 0 Å². The standard InChI is InChI=1S/C17H28N2O3/c1-5-22-15-8-7-14(11-13(15)2)19-16(21)18-10-6-9-17(3,4)12-20/h7-8,11,20H,5-6,9-10,12H2,1-4H3,(H2,18,19,21). The fourth-order valence-electron chi connectivity index (χ4n) is 2.07. The molecule has 5 heteroatoms. The molecule has 0 aromatic heterocycles. The van der Waals surface area contributed by atoms with Crippen LogP contribution in [0.5, 0.6) is 5.75 Å². The van der Waals surface area contributed by atoms with E-state index in [2.05, 4.69) is 10.6 Å². The molecule has 0 spiro atoms. The number of urea groups is 1. The maximum Gasteiger partial charge on any atom is 0.319 e. The van der Waals surface area contributed by atoms with Crippen LogP contribution in [0.15, 0.2) is 18.2 Å². The second kappa shape index (κ2) is 8.63. The minimum Gasteiger partial charge on any atom is -0.494 e. The number of benzene rings is 1. The Balaban J connectivity index is 2.38. The molecule has 0 saturated carbocycles. The first-order valence-electron chi connectivity index (χ1n) is 7.77. The number of carbonyl (C=O) groups is 1. The summed E-state index contributed by atoms with van der Waals surface area (Å²) in [7, 11) is 0. The first-order valence-corrected chi connectivity index (χ1v) is 7.77. The summed E-state index contributed by atoms with van der Waals surface area (Å²) in [5, 5.41) is 14.8. The number of ether oxygens (including phenoxy) is 1. The number of carbonyl (C=O) groups excluding carboxylic acids is 1. The van der Waals surface area contributed by atoms with Gasteiger partial charge in [0, 0.05) is 18.8 Å². The number of amides is 2. The van der Waals surface area contributed by atoms with Gasteiger partial charge in [-0.05, 0) is 55.9 Å². The summed E-state index contributed by atoms with van der Waals surface area (Å²) in [6.07, 6.45) is 1.70. The van der Waals surface area contributed by atoms with Crippen molar-refractivity contribution in [2.24, 2.45) is 5.41 Å². The van der Waals surface area contributed by atoms with Gasteiger partial charge in [0.25, 0.3) is 0 Å². The number of aliphatic hydroxyl groups excluding tert-OH is 1. The molecule has 0 heterocycles. The van der Waals surface area contributed by atoms with E-state index >= 15 is 0 Å². The number of nitrogens with one attached hydrogen (secondary N) is 2. The van der Waals surface area contributed by atoms with Gasteiger partial charge in [0.05, 0.1) is 6.61 Å². The van der Waals surface area contributed by atoms with E-state index in [-0.39, 0.29) is 18.1 Å². The Morgan fingerprint density at radius 3 is 2.68 bits per heavy atom. The van der Waals surface area contributed by atoms with Gasteiger partial charge in [-0.1, -0.05) is 13.8 Å². The average molecular weight is 308 g/mol. The van der Waals surface area contributed by atoms with Crippen molar-refractivity contribution in [3.8, 4) is 5.75 Å². The fraction of sp³-hybridized carbons (Fsp3) is 0.588. The van der Waals surface area contributed by atoms with Gasteiger partial charge < -0.3 is 20.5 Å². The third kappa shape index (κ3) is 6.35. The van der Waals surface area contributed by atoms with E-state index in [9.17, 15) is 9.90 Å². The zero-order valence-corrected chi connectivity index (χ0v) is 14.0. The average Bonchev–Trinajstić information content (AvgIpc) is 2.47. The van der Waals surface area contributed by atoms with E-state index in [0.29, 0.717) is 13.2 Å². The highest BCUT2D eigenvalue weighted by Gasteiger charge is 2.15. The van der Waals surface area contributed by atoms with E-state index in [0.717, 1.165) is 29.8 Å². The molecule has 0 bridgehead atoms. The van der Waals surface area contributed by atoms with Crippen LogP contribution < -0.4 is 15.4 Å². The molecular weight excluding hydrogens is 280 g/mol. The van der Waals surface area contributed by atoms with Gasteiger partial charge in [-0.15, -0.1) is 0 Å². The van der Waals surface area contributed by atoms with E-state index in [1.165, 1.54) is 0 Å². The highest BCUT2D eigenvalue weighted by atomic mass is 16.5. The van der Waals surface area contributed by atoms with Crippen LogP contribution in [0, 0.1) is 12.3 Å². The lowest BCUT2D eigenvalue weighted by atomic mass is 9.89. The Morgan fingerprint density at radius 1 is 1.36 bits per heavy atom. The Morgan fingerprint density at radius 2 is 2.09 bits per heavy atom. The molecule has 0 atom stereocenters. The third-order valence-electron chi connectivity index (χ3n) is 3.48. The van der Waals surface area contributed by atoms with Crippen LogP contribution in [-0.4, -0.2) is 30.9 Å². The Labute approximate surface area is 133 Å². The lowest BCUT2D eigenvalue weighted by molar-refractivity contribution is 0.148. The Kier molecular flexibility index (Phi) is 7.18. The van der Waals surface area contributed by atoms with E-state index < -0.39 is 0 Å². The largest absolute Gasteiger partial charge is 0.494 e. The van der Waals surface area contributed by atoms with Crippen LogP contribution in [0.25, 0.3) is 0 Å². The quantitative estimate of drug-likeness (QED) is 0.645. The summed E-state index contributed by atoms with van der Waals surface area (Å²) in [4.78, 5) is 11.8. The van der Waals surface area contributed by atoms with Gasteiger partial charge in [0.1, 0.15) is 5.75 Å². The molecule has 0 aliphatic rings. The number of aliphatic hydroxyl groups is 1. The molecule has 0 fully saturated rings. The summed E-state index contributed by atoms with van der Waals surface area (Å²) < 4.78 is 5.47. The lowest BCUT2D eigenvalue weighted by Crippen LogP contribution is -2.30. The summed E-state index contributed by atoms with van der Waals surface area (Å²) in [6, 6.07) is 5.36. The maximum atomic E-state index is 11.8. The number of aryl methyl sites for hydroxylation is 1. The van der Waals surface area contributed by atoms with Crippen LogP contribution in [0.4, 0.5) is 10.5 Å². The molecule has 0 aliphatic heterocycles. The summed E-state index contributed by atoms with van der Waals surface area (Å²) in [6.45, 7) is 9.28. The molecule has 5 nitrogen and oxygen atoms in total. The van der Waals surface area contributed by atoms with E-state index in [1.54, 1.807) is 0 Å². The van der Waals surface area contributed by atoms with Crippen molar-refractivity contribution < 1.29 is 14.6 Å². The second-order valence-electron chi connectivity index (χ2n) is 6.22. The summed E-state index contributed by atoms with van der Waals surface area (Å²) in [5.74, 6) is 0.833. The topological polar surface area (TPSA) is 70.6 Å².